The van der Waals surface area contributed by atoms with Crippen LogP contribution in [0.4, 0.5) is 0 Å². The highest BCUT2D eigenvalue weighted by molar-refractivity contribution is 5.41. The molecule has 118 valence electrons. The van der Waals surface area contributed by atoms with Gasteiger partial charge in [-0.1, -0.05) is 50.2 Å². The second-order valence-corrected chi connectivity index (χ2v) is 6.07. The SMILES string of the molecule is CC(C)CC[C@H](N)c1ccc(OCc2ccccc2)cc1O. The summed E-state index contributed by atoms with van der Waals surface area (Å²) in [5.74, 6) is 1.48. The molecule has 0 aliphatic heterocycles. The topological polar surface area (TPSA) is 55.5 Å². The Morgan fingerprint density at radius 3 is 2.41 bits per heavy atom. The van der Waals surface area contributed by atoms with Gasteiger partial charge in [0, 0.05) is 17.7 Å². The second kappa shape index (κ2) is 7.85. The normalized spacial score (nSPS) is 12.4. The lowest BCUT2D eigenvalue weighted by Gasteiger charge is -2.16. The minimum atomic E-state index is -0.134. The molecular weight excluding hydrogens is 274 g/mol. The molecule has 3 nitrogen and oxygen atoms in total. The maximum Gasteiger partial charge on any atom is 0.124 e. The average Bonchev–Trinajstić information content (AvgIpc) is 2.51. The Morgan fingerprint density at radius 1 is 1.05 bits per heavy atom. The molecule has 3 heteroatoms. The molecule has 0 saturated heterocycles. The summed E-state index contributed by atoms with van der Waals surface area (Å²) in [4.78, 5) is 0. The third kappa shape index (κ3) is 4.78. The molecule has 0 unspecified atom stereocenters. The van der Waals surface area contributed by atoms with Crippen LogP contribution in [0.3, 0.4) is 0 Å². The summed E-state index contributed by atoms with van der Waals surface area (Å²) in [7, 11) is 0. The van der Waals surface area contributed by atoms with Crippen LogP contribution in [0.5, 0.6) is 11.5 Å². The first kappa shape index (κ1) is 16.4. The molecule has 0 heterocycles. The van der Waals surface area contributed by atoms with Crippen molar-refractivity contribution in [2.45, 2.75) is 39.3 Å². The van der Waals surface area contributed by atoms with Crippen LogP contribution in [0, 0.1) is 5.92 Å². The van der Waals surface area contributed by atoms with Crippen LogP contribution in [0.15, 0.2) is 48.5 Å². The summed E-state index contributed by atoms with van der Waals surface area (Å²) in [6.07, 6.45) is 1.92. The van der Waals surface area contributed by atoms with E-state index < -0.39 is 0 Å². The van der Waals surface area contributed by atoms with Crippen molar-refractivity contribution in [3.63, 3.8) is 0 Å². The maximum absolute atomic E-state index is 10.2. The van der Waals surface area contributed by atoms with Crippen molar-refractivity contribution in [2.24, 2.45) is 11.7 Å². The molecule has 0 fully saturated rings. The van der Waals surface area contributed by atoms with Gasteiger partial charge in [0.25, 0.3) is 0 Å². The van der Waals surface area contributed by atoms with Gasteiger partial charge in [0.05, 0.1) is 0 Å². The number of ether oxygens (including phenoxy) is 1. The van der Waals surface area contributed by atoms with Crippen molar-refractivity contribution < 1.29 is 9.84 Å². The molecule has 0 spiro atoms. The number of hydrogen-bond acceptors (Lipinski definition) is 3. The summed E-state index contributed by atoms with van der Waals surface area (Å²) >= 11 is 0. The van der Waals surface area contributed by atoms with E-state index in [0.29, 0.717) is 18.3 Å². The lowest BCUT2D eigenvalue weighted by Crippen LogP contribution is -2.11. The van der Waals surface area contributed by atoms with E-state index in [-0.39, 0.29) is 11.8 Å². The predicted octanol–water partition coefficient (Wildman–Crippen LogP) is 4.41. The van der Waals surface area contributed by atoms with Gasteiger partial charge in [-0.05, 0) is 30.4 Å². The Bertz CT molecular complexity index is 581. The van der Waals surface area contributed by atoms with Gasteiger partial charge in [-0.2, -0.15) is 0 Å². The Hall–Kier alpha value is -2.00. The fraction of sp³-hybridized carbons (Fsp3) is 0.368. The molecule has 0 aliphatic carbocycles. The van der Waals surface area contributed by atoms with E-state index >= 15 is 0 Å². The number of phenols is 1. The van der Waals surface area contributed by atoms with Crippen molar-refractivity contribution in [3.05, 3.63) is 59.7 Å². The molecule has 3 N–H and O–H groups in total. The van der Waals surface area contributed by atoms with Crippen LogP contribution in [0.1, 0.15) is 43.9 Å². The van der Waals surface area contributed by atoms with Crippen molar-refractivity contribution in [2.75, 3.05) is 0 Å². The van der Waals surface area contributed by atoms with Crippen LogP contribution in [0.2, 0.25) is 0 Å². The Kier molecular flexibility index (Phi) is 5.84. The van der Waals surface area contributed by atoms with Crippen LogP contribution in [0.25, 0.3) is 0 Å². The van der Waals surface area contributed by atoms with Gasteiger partial charge in [0.15, 0.2) is 0 Å². The minimum Gasteiger partial charge on any atom is -0.507 e. The number of rotatable bonds is 7. The second-order valence-electron chi connectivity index (χ2n) is 6.07. The summed E-state index contributed by atoms with van der Waals surface area (Å²) in [6, 6.07) is 15.2. The van der Waals surface area contributed by atoms with Crippen molar-refractivity contribution >= 4 is 0 Å². The van der Waals surface area contributed by atoms with Crippen LogP contribution in [-0.2, 0) is 6.61 Å². The van der Waals surface area contributed by atoms with Gasteiger partial charge >= 0.3 is 0 Å². The molecule has 2 aromatic carbocycles. The Balaban J connectivity index is 1.97. The zero-order chi connectivity index (χ0) is 15.9. The monoisotopic (exact) mass is 299 g/mol. The van der Waals surface area contributed by atoms with Crippen molar-refractivity contribution in [1.82, 2.24) is 0 Å². The van der Waals surface area contributed by atoms with Crippen LogP contribution in [-0.4, -0.2) is 5.11 Å². The molecule has 0 amide bonds. The lowest BCUT2D eigenvalue weighted by atomic mass is 9.97. The Morgan fingerprint density at radius 2 is 1.77 bits per heavy atom. The zero-order valence-corrected chi connectivity index (χ0v) is 13.3. The first-order valence-electron chi connectivity index (χ1n) is 7.81. The number of nitrogens with two attached hydrogens (primary N) is 1. The number of benzene rings is 2. The van der Waals surface area contributed by atoms with Crippen molar-refractivity contribution in [1.29, 1.82) is 0 Å². The quantitative estimate of drug-likeness (QED) is 0.796. The minimum absolute atomic E-state index is 0.134. The lowest BCUT2D eigenvalue weighted by molar-refractivity contribution is 0.304. The molecule has 22 heavy (non-hydrogen) atoms. The van der Waals surface area contributed by atoms with Crippen LogP contribution < -0.4 is 10.5 Å². The Labute approximate surface area is 132 Å². The highest BCUT2D eigenvalue weighted by Crippen LogP contribution is 2.30. The van der Waals surface area contributed by atoms with E-state index in [1.54, 1.807) is 6.07 Å². The molecule has 2 aromatic rings. The molecule has 0 aromatic heterocycles. The van der Waals surface area contributed by atoms with E-state index in [2.05, 4.69) is 13.8 Å². The number of phenolic OH excluding ortho intramolecular Hbond substituents is 1. The number of aromatic hydroxyl groups is 1. The third-order valence-electron chi connectivity index (χ3n) is 3.70. The zero-order valence-electron chi connectivity index (χ0n) is 13.3. The van der Waals surface area contributed by atoms with Crippen molar-refractivity contribution in [3.8, 4) is 11.5 Å². The van der Waals surface area contributed by atoms with Gasteiger partial charge in [-0.15, -0.1) is 0 Å². The highest BCUT2D eigenvalue weighted by atomic mass is 16.5. The van der Waals surface area contributed by atoms with Gasteiger partial charge in [0.2, 0.25) is 0 Å². The van der Waals surface area contributed by atoms with Crippen LogP contribution >= 0.6 is 0 Å². The van der Waals surface area contributed by atoms with Gasteiger partial charge in [-0.25, -0.2) is 0 Å². The molecule has 0 radical (unpaired) electrons. The first-order valence-corrected chi connectivity index (χ1v) is 7.81. The molecular formula is C19H25NO2. The molecule has 0 aliphatic rings. The molecule has 0 saturated carbocycles. The highest BCUT2D eigenvalue weighted by Gasteiger charge is 2.12. The van der Waals surface area contributed by atoms with E-state index in [1.165, 1.54) is 0 Å². The summed E-state index contributed by atoms with van der Waals surface area (Å²) in [6.45, 7) is 4.83. The van der Waals surface area contributed by atoms with Gasteiger partial charge in [-0.3, -0.25) is 0 Å². The average molecular weight is 299 g/mol. The van der Waals surface area contributed by atoms with Gasteiger partial charge in [0.1, 0.15) is 18.1 Å². The largest absolute Gasteiger partial charge is 0.507 e. The van der Waals surface area contributed by atoms with E-state index in [0.717, 1.165) is 24.0 Å². The number of hydrogen-bond donors (Lipinski definition) is 2. The smallest absolute Gasteiger partial charge is 0.124 e. The summed E-state index contributed by atoms with van der Waals surface area (Å²) in [5, 5.41) is 10.2. The summed E-state index contributed by atoms with van der Waals surface area (Å²) < 4.78 is 5.71. The standard InChI is InChI=1S/C19H25NO2/c1-14(2)8-11-18(20)17-10-9-16(12-19(17)21)22-13-15-6-4-3-5-7-15/h3-7,9-10,12,14,18,21H,8,11,13,20H2,1-2H3/t18-/m0/s1. The molecule has 1 atom stereocenters. The fourth-order valence-corrected chi connectivity index (χ4v) is 2.34. The van der Waals surface area contributed by atoms with E-state index in [1.807, 2.05) is 42.5 Å². The van der Waals surface area contributed by atoms with E-state index in [9.17, 15) is 5.11 Å². The molecule has 0 bridgehead atoms. The van der Waals surface area contributed by atoms with Gasteiger partial charge < -0.3 is 15.6 Å². The third-order valence-corrected chi connectivity index (χ3v) is 3.70. The predicted molar refractivity (Wildman–Crippen MR) is 89.9 cm³/mol. The first-order chi connectivity index (χ1) is 10.6. The molecule has 2 rings (SSSR count). The summed E-state index contributed by atoms with van der Waals surface area (Å²) in [5.41, 5.74) is 8.04. The van der Waals surface area contributed by atoms with E-state index in [4.69, 9.17) is 10.5 Å². The fourth-order valence-electron chi connectivity index (χ4n) is 2.34. The maximum atomic E-state index is 10.2.